The predicted octanol–water partition coefficient (Wildman–Crippen LogP) is 17.3. The molecule has 0 saturated carbocycles. The van der Waals surface area contributed by atoms with Crippen LogP contribution in [0.1, 0.15) is 68.3 Å². The van der Waals surface area contributed by atoms with Crippen LogP contribution in [0.2, 0.25) is 0 Å². The number of hydrogen-bond acceptors (Lipinski definition) is 18. The summed E-state index contributed by atoms with van der Waals surface area (Å²) in [5.41, 5.74) is 4.90. The molecule has 9 heterocycles. The maximum absolute atomic E-state index is 12.8. The first-order valence-corrected chi connectivity index (χ1v) is 30.1. The molecule has 92 heavy (non-hydrogen) atoms. The van der Waals surface area contributed by atoms with Gasteiger partial charge in [-0.3, -0.25) is 14.4 Å². The van der Waals surface area contributed by atoms with E-state index in [4.69, 9.17) is 31.2 Å². The van der Waals surface area contributed by atoms with Crippen molar-refractivity contribution in [3.05, 3.63) is 213 Å². The zero-order chi connectivity index (χ0) is 64.1. The standard InChI is InChI=1S/2C23H15NO6S.C22H13NO6S/c1-11-4-2-7-16-13(11)9-18(29-16)21(26)24-22-19(23(27)28)14(10-31-22)17-8-12-5-3-6-15(25)20(12)30-17;1-28-14-6-7-17-13(8-14)10-18(29-17)15-11-31-22(20(15)23(26)27)24-21(25)19-9-12-4-2-3-5-16(12)30-19;24-13-5-6-16-12(7-13)9-17(28-16)14-10-30-21(19(14)22(26)27)23-20(25)18-8-11-3-1-2-4-15(11)29-18/h2-10,25H,1H3,(H,24,26)(H,27,28);2-11H,1H3,(H,24,25)(H,26,27);1-10,24H,(H,23,25)(H,26,27). The van der Waals surface area contributed by atoms with Gasteiger partial charge in [-0.1, -0.05) is 60.7 Å². The summed E-state index contributed by atoms with van der Waals surface area (Å²) in [5, 5.41) is 66.7. The Labute approximate surface area is 527 Å². The van der Waals surface area contributed by atoms with E-state index in [1.54, 1.807) is 120 Å². The lowest BCUT2D eigenvalue weighted by Gasteiger charge is -2.03. The number of nitrogens with one attached hydrogen (secondary N) is 3. The molecule has 21 nitrogen and oxygen atoms in total. The second-order valence-electron chi connectivity index (χ2n) is 20.4. The Morgan fingerprint density at radius 3 is 1.33 bits per heavy atom. The third-order valence-electron chi connectivity index (χ3n) is 14.5. The van der Waals surface area contributed by atoms with Crippen molar-refractivity contribution < 1.29 is 85.5 Å². The number of aromatic hydroxyl groups is 2. The third-order valence-corrected chi connectivity index (χ3v) is 17.2. The van der Waals surface area contributed by atoms with E-state index in [1.807, 2.05) is 49.4 Å². The number of carbonyl (C=O) groups excluding carboxylic acids is 3. The van der Waals surface area contributed by atoms with Crippen molar-refractivity contribution in [2.75, 3.05) is 23.1 Å². The minimum Gasteiger partial charge on any atom is -0.508 e. The number of aromatic carboxylic acids is 3. The number of phenolic OH excluding ortho intramolecular Hbond substituents is 2. The van der Waals surface area contributed by atoms with Gasteiger partial charge in [-0.05, 0) is 110 Å². The van der Waals surface area contributed by atoms with Crippen LogP contribution in [0.4, 0.5) is 15.0 Å². The number of fused-ring (bicyclic) bond motifs is 6. The molecule has 15 rings (SSSR count). The van der Waals surface area contributed by atoms with Crippen LogP contribution in [-0.4, -0.2) is 68.3 Å². The summed E-state index contributed by atoms with van der Waals surface area (Å²) >= 11 is 3.26. The number of benzene rings is 6. The Bertz CT molecular complexity index is 5380. The van der Waals surface area contributed by atoms with Gasteiger partial charge in [0.05, 0.1) is 7.11 Å². The van der Waals surface area contributed by atoms with E-state index >= 15 is 0 Å². The van der Waals surface area contributed by atoms with Crippen molar-refractivity contribution in [2.45, 2.75) is 6.92 Å². The van der Waals surface area contributed by atoms with Crippen LogP contribution in [0.15, 0.2) is 200 Å². The molecule has 15 aromatic rings. The van der Waals surface area contributed by atoms with Gasteiger partial charge in [0.15, 0.2) is 28.6 Å². The first-order chi connectivity index (χ1) is 44.4. The van der Waals surface area contributed by atoms with E-state index in [-0.39, 0.29) is 71.8 Å². The average Bonchev–Trinajstić information content (AvgIpc) is 1.67. The van der Waals surface area contributed by atoms with Crippen molar-refractivity contribution >= 4 is 150 Å². The number of aryl methyl sites for hydroxylation is 1. The SMILES string of the molecule is COc1ccc2oc(-c3csc(NC(=O)c4cc5ccccc5o4)c3C(=O)O)cc2c1.Cc1cccc2oc(C(=O)Nc3scc(-c4cc5cccc(O)c5o4)c3C(=O)O)cc12.O=C(Nc1scc(-c2cc3cc(O)ccc3o2)c1C(=O)O)c1cc2ccccc2o1. The number of para-hydroxylation sites is 3. The molecule has 8 N–H and O–H groups in total. The highest BCUT2D eigenvalue weighted by atomic mass is 32.1. The molecule has 0 atom stereocenters. The lowest BCUT2D eigenvalue weighted by Crippen LogP contribution is -2.12. The normalized spacial score (nSPS) is 11.2. The minimum absolute atomic E-state index is 0.0374. The summed E-state index contributed by atoms with van der Waals surface area (Å²) in [4.78, 5) is 74.1. The molecule has 456 valence electrons. The summed E-state index contributed by atoms with van der Waals surface area (Å²) < 4.78 is 39.2. The van der Waals surface area contributed by atoms with Crippen molar-refractivity contribution in [3.63, 3.8) is 0 Å². The monoisotopic (exact) mass is 1290 g/mol. The molecule has 24 heteroatoms. The van der Waals surface area contributed by atoms with Crippen LogP contribution in [0.3, 0.4) is 0 Å². The lowest BCUT2D eigenvalue weighted by atomic mass is 10.1. The lowest BCUT2D eigenvalue weighted by molar-refractivity contribution is 0.0688. The van der Waals surface area contributed by atoms with Crippen LogP contribution in [-0.2, 0) is 0 Å². The smallest absolute Gasteiger partial charge is 0.339 e. The first kappa shape index (κ1) is 58.9. The Balaban J connectivity index is 0.000000126. The molecular weight excluding hydrogens is 1240 g/mol. The number of amides is 3. The quantitative estimate of drug-likeness (QED) is 0.0532. The maximum Gasteiger partial charge on any atom is 0.339 e. The summed E-state index contributed by atoms with van der Waals surface area (Å²) in [6.07, 6.45) is 0. The average molecular weight is 1290 g/mol. The van der Waals surface area contributed by atoms with Gasteiger partial charge in [0.2, 0.25) is 0 Å². The molecule has 0 unspecified atom stereocenters. The van der Waals surface area contributed by atoms with Crippen molar-refractivity contribution in [2.24, 2.45) is 0 Å². The zero-order valence-corrected chi connectivity index (χ0v) is 50.0. The molecule has 0 aliphatic rings. The molecule has 0 fully saturated rings. The van der Waals surface area contributed by atoms with Crippen LogP contribution >= 0.6 is 34.0 Å². The van der Waals surface area contributed by atoms with Gasteiger partial charge in [0.25, 0.3) is 17.7 Å². The van der Waals surface area contributed by atoms with Gasteiger partial charge >= 0.3 is 17.9 Å². The van der Waals surface area contributed by atoms with Gasteiger partial charge in [-0.15, -0.1) is 34.0 Å². The molecule has 0 aliphatic heterocycles. The largest absolute Gasteiger partial charge is 0.508 e. The third kappa shape index (κ3) is 11.4. The molecule has 0 radical (unpaired) electrons. The van der Waals surface area contributed by atoms with Crippen LogP contribution in [0, 0.1) is 6.92 Å². The summed E-state index contributed by atoms with van der Waals surface area (Å²) in [6, 6.07) is 44.7. The van der Waals surface area contributed by atoms with Gasteiger partial charge in [-0.25, -0.2) is 14.4 Å². The highest BCUT2D eigenvalue weighted by Crippen LogP contribution is 2.43. The number of phenols is 2. The molecule has 0 saturated heterocycles. The zero-order valence-electron chi connectivity index (χ0n) is 47.5. The number of methoxy groups -OCH3 is 1. The maximum atomic E-state index is 12.8. The fourth-order valence-corrected chi connectivity index (χ4v) is 13.0. The first-order valence-electron chi connectivity index (χ1n) is 27.4. The molecule has 3 amide bonds. The molecule has 0 bridgehead atoms. The second kappa shape index (κ2) is 24.1. The molecule has 6 aromatic carbocycles. The number of furan rings is 6. The molecular formula is C68H43N3O18S3. The summed E-state index contributed by atoms with van der Waals surface area (Å²) in [7, 11) is 1.57. The second-order valence-corrected chi connectivity index (χ2v) is 23.0. The topological polar surface area (TPSA) is 328 Å². The number of thiophene rings is 3. The van der Waals surface area contributed by atoms with Crippen LogP contribution in [0.5, 0.6) is 17.2 Å². The highest BCUT2D eigenvalue weighted by Gasteiger charge is 2.29. The number of carboxylic acids is 3. The summed E-state index contributed by atoms with van der Waals surface area (Å²) in [5.74, 6) is -3.22. The van der Waals surface area contributed by atoms with E-state index in [1.165, 1.54) is 18.2 Å². The summed E-state index contributed by atoms with van der Waals surface area (Å²) in [6.45, 7) is 1.92. The number of hydrogen-bond donors (Lipinski definition) is 8. The number of carbonyl (C=O) groups is 6. The number of carboxylic acid groups (broad SMARTS) is 3. The van der Waals surface area contributed by atoms with Crippen molar-refractivity contribution in [1.29, 1.82) is 0 Å². The van der Waals surface area contributed by atoms with E-state index < -0.39 is 35.6 Å². The van der Waals surface area contributed by atoms with Gasteiger partial charge in [0.1, 0.15) is 88.4 Å². The fourth-order valence-electron chi connectivity index (χ4n) is 10.2. The minimum atomic E-state index is -1.21. The Kier molecular flexibility index (Phi) is 15.4. The number of ether oxygens (including phenoxy) is 1. The van der Waals surface area contributed by atoms with Crippen LogP contribution < -0.4 is 20.7 Å². The van der Waals surface area contributed by atoms with E-state index in [0.717, 1.165) is 61.1 Å². The highest BCUT2D eigenvalue weighted by molar-refractivity contribution is 7.16. The Morgan fingerprint density at radius 2 is 0.837 bits per heavy atom. The Morgan fingerprint density at radius 1 is 0.413 bits per heavy atom. The van der Waals surface area contributed by atoms with Crippen molar-refractivity contribution in [3.8, 4) is 51.2 Å². The van der Waals surface area contributed by atoms with Crippen molar-refractivity contribution in [1.82, 2.24) is 0 Å². The van der Waals surface area contributed by atoms with E-state index in [9.17, 15) is 54.3 Å². The fraction of sp³-hybridized carbons (Fsp3) is 0.0294. The molecule has 9 aromatic heterocycles. The number of rotatable bonds is 13. The van der Waals surface area contributed by atoms with Gasteiger partial charge < -0.3 is 72.7 Å². The molecule has 0 spiro atoms. The van der Waals surface area contributed by atoms with Gasteiger partial charge in [0, 0.05) is 65.1 Å². The Hall–Kier alpha value is -12.1. The molecule has 0 aliphatic carbocycles. The predicted molar refractivity (Wildman–Crippen MR) is 347 cm³/mol. The van der Waals surface area contributed by atoms with E-state index in [0.29, 0.717) is 72.6 Å². The number of anilines is 3. The van der Waals surface area contributed by atoms with Crippen LogP contribution in [0.25, 0.3) is 99.8 Å². The van der Waals surface area contributed by atoms with Gasteiger partial charge in [-0.2, -0.15) is 0 Å². The van der Waals surface area contributed by atoms with E-state index in [2.05, 4.69) is 16.0 Å².